The minimum absolute atomic E-state index is 0.0625. The molecule has 2 aliphatic rings. The standard InChI is InChI=1S/C25H37N3O6/c1-15-16(2)33-21-19(15)12-17(13-20(21)23(30)26-6)22(29)27-9-7-8-18-14-28(10-11-32-18)24(31)34-25(3,4)5/h12-13,15-16,18H,7-11,14H2,1-6H3,(H,26,30)(H,27,29)/t15-,16-,18?/m1/s1. The van der Waals surface area contributed by atoms with Crippen molar-refractivity contribution in [1.82, 2.24) is 15.5 Å². The van der Waals surface area contributed by atoms with Crippen molar-refractivity contribution in [3.05, 3.63) is 28.8 Å². The average molecular weight is 476 g/mol. The lowest BCUT2D eigenvalue weighted by molar-refractivity contribution is -0.0449. The maximum absolute atomic E-state index is 12.8. The summed E-state index contributed by atoms with van der Waals surface area (Å²) >= 11 is 0. The monoisotopic (exact) mass is 475 g/mol. The van der Waals surface area contributed by atoms with Crippen LogP contribution in [0.15, 0.2) is 12.1 Å². The summed E-state index contributed by atoms with van der Waals surface area (Å²) < 4.78 is 17.1. The van der Waals surface area contributed by atoms with E-state index >= 15 is 0 Å². The van der Waals surface area contributed by atoms with Gasteiger partial charge in [0.05, 0.1) is 24.8 Å². The Hall–Kier alpha value is -2.81. The van der Waals surface area contributed by atoms with Crippen molar-refractivity contribution in [2.24, 2.45) is 0 Å². The molecule has 2 heterocycles. The average Bonchev–Trinajstić information content (AvgIpc) is 3.08. The van der Waals surface area contributed by atoms with Gasteiger partial charge in [-0.1, -0.05) is 6.92 Å². The Kier molecular flexibility index (Phi) is 8.07. The van der Waals surface area contributed by atoms with Gasteiger partial charge in [0.15, 0.2) is 0 Å². The molecule has 1 aromatic carbocycles. The van der Waals surface area contributed by atoms with E-state index < -0.39 is 5.60 Å². The van der Waals surface area contributed by atoms with Crippen molar-refractivity contribution in [2.45, 2.75) is 71.2 Å². The van der Waals surface area contributed by atoms with E-state index in [1.165, 1.54) is 0 Å². The number of carbonyl (C=O) groups is 3. The molecule has 3 amide bonds. The summed E-state index contributed by atoms with van der Waals surface area (Å²) in [6.45, 7) is 11.4. The molecule has 3 atom stereocenters. The van der Waals surface area contributed by atoms with Gasteiger partial charge < -0.3 is 29.7 Å². The van der Waals surface area contributed by atoms with Crippen LogP contribution in [0.2, 0.25) is 0 Å². The Bertz CT molecular complexity index is 926. The van der Waals surface area contributed by atoms with E-state index in [-0.39, 0.29) is 36.0 Å². The molecule has 2 N–H and O–H groups in total. The molecule has 0 aromatic heterocycles. The number of hydrogen-bond acceptors (Lipinski definition) is 6. The predicted molar refractivity (Wildman–Crippen MR) is 127 cm³/mol. The second-order valence-electron chi connectivity index (χ2n) is 9.95. The number of hydrogen-bond donors (Lipinski definition) is 2. The second-order valence-corrected chi connectivity index (χ2v) is 9.95. The van der Waals surface area contributed by atoms with Crippen LogP contribution in [-0.4, -0.2) is 73.9 Å². The van der Waals surface area contributed by atoms with E-state index in [2.05, 4.69) is 10.6 Å². The zero-order valence-corrected chi connectivity index (χ0v) is 21.0. The highest BCUT2D eigenvalue weighted by molar-refractivity contribution is 6.02. The van der Waals surface area contributed by atoms with Gasteiger partial charge >= 0.3 is 6.09 Å². The lowest BCUT2D eigenvalue weighted by Gasteiger charge is -2.34. The highest BCUT2D eigenvalue weighted by Crippen LogP contribution is 2.41. The maximum atomic E-state index is 12.8. The molecular formula is C25H37N3O6. The van der Waals surface area contributed by atoms with Crippen molar-refractivity contribution in [3.8, 4) is 5.75 Å². The zero-order chi connectivity index (χ0) is 25.0. The highest BCUT2D eigenvalue weighted by atomic mass is 16.6. The molecule has 1 aromatic rings. The Morgan fingerprint density at radius 3 is 2.59 bits per heavy atom. The van der Waals surface area contributed by atoms with Gasteiger partial charge in [0.25, 0.3) is 11.8 Å². The van der Waals surface area contributed by atoms with Crippen molar-refractivity contribution >= 4 is 17.9 Å². The fourth-order valence-corrected chi connectivity index (χ4v) is 4.12. The number of nitrogens with one attached hydrogen (secondary N) is 2. The van der Waals surface area contributed by atoms with Crippen LogP contribution in [0.4, 0.5) is 4.79 Å². The van der Waals surface area contributed by atoms with Crippen molar-refractivity contribution in [1.29, 1.82) is 0 Å². The van der Waals surface area contributed by atoms with E-state index in [1.807, 2.05) is 40.7 Å². The molecule has 2 aliphatic heterocycles. The Morgan fingerprint density at radius 2 is 1.91 bits per heavy atom. The molecule has 9 heteroatoms. The zero-order valence-electron chi connectivity index (χ0n) is 21.0. The third-order valence-electron chi connectivity index (χ3n) is 6.13. The molecule has 1 unspecified atom stereocenters. The lowest BCUT2D eigenvalue weighted by atomic mass is 9.94. The molecule has 188 valence electrons. The third kappa shape index (κ3) is 6.20. The van der Waals surface area contributed by atoms with E-state index in [0.717, 1.165) is 5.56 Å². The number of morpholine rings is 1. The molecule has 0 saturated carbocycles. The quantitative estimate of drug-likeness (QED) is 0.613. The Balaban J connectivity index is 1.54. The van der Waals surface area contributed by atoms with E-state index in [1.54, 1.807) is 18.0 Å². The first-order valence-electron chi connectivity index (χ1n) is 11.9. The summed E-state index contributed by atoms with van der Waals surface area (Å²) in [5, 5.41) is 5.55. The lowest BCUT2D eigenvalue weighted by Crippen LogP contribution is -2.47. The maximum Gasteiger partial charge on any atom is 0.410 e. The van der Waals surface area contributed by atoms with Crippen molar-refractivity contribution in [2.75, 3.05) is 33.3 Å². The number of carbonyl (C=O) groups excluding carboxylic acids is 3. The number of nitrogens with zero attached hydrogens (tertiary/aromatic N) is 1. The molecule has 3 rings (SSSR count). The molecule has 9 nitrogen and oxygen atoms in total. The van der Waals surface area contributed by atoms with Crippen molar-refractivity contribution < 1.29 is 28.6 Å². The van der Waals surface area contributed by atoms with Gasteiger partial charge in [-0.15, -0.1) is 0 Å². The summed E-state index contributed by atoms with van der Waals surface area (Å²) in [6.07, 6.45) is 0.910. The number of ether oxygens (including phenoxy) is 3. The molecule has 0 radical (unpaired) electrons. The van der Waals surface area contributed by atoms with Crippen LogP contribution in [0.5, 0.6) is 5.75 Å². The van der Waals surface area contributed by atoms with E-state index in [4.69, 9.17) is 14.2 Å². The number of benzene rings is 1. The van der Waals surface area contributed by atoms with E-state index in [9.17, 15) is 14.4 Å². The SMILES string of the molecule is CNC(=O)c1cc(C(=O)NCCCC2CN(C(=O)OC(C)(C)C)CCO2)cc2c1O[C@H](C)[C@H]2C. The Morgan fingerprint density at radius 1 is 1.18 bits per heavy atom. The van der Waals surface area contributed by atoms with Gasteiger partial charge in [0.2, 0.25) is 0 Å². The van der Waals surface area contributed by atoms with Crippen LogP contribution in [0.25, 0.3) is 0 Å². The van der Waals surface area contributed by atoms with Gasteiger partial charge in [0, 0.05) is 37.2 Å². The van der Waals surface area contributed by atoms with E-state index in [0.29, 0.717) is 56.0 Å². The van der Waals surface area contributed by atoms with Gasteiger partial charge in [-0.3, -0.25) is 9.59 Å². The fourth-order valence-electron chi connectivity index (χ4n) is 4.12. The molecule has 34 heavy (non-hydrogen) atoms. The van der Waals surface area contributed by atoms with Crippen LogP contribution in [0, 0.1) is 0 Å². The van der Waals surface area contributed by atoms with Crippen LogP contribution in [0.3, 0.4) is 0 Å². The van der Waals surface area contributed by atoms with Gasteiger partial charge in [0.1, 0.15) is 17.5 Å². The Labute approximate surface area is 201 Å². The molecule has 1 fully saturated rings. The number of amides is 3. The van der Waals surface area contributed by atoms with Crippen molar-refractivity contribution in [3.63, 3.8) is 0 Å². The smallest absolute Gasteiger partial charge is 0.410 e. The summed E-state index contributed by atoms with van der Waals surface area (Å²) in [5.74, 6) is 0.123. The molecule has 0 aliphatic carbocycles. The van der Waals surface area contributed by atoms with Crippen LogP contribution in [0.1, 0.15) is 79.7 Å². The molecule has 1 saturated heterocycles. The van der Waals surface area contributed by atoms with Gasteiger partial charge in [-0.2, -0.15) is 0 Å². The predicted octanol–water partition coefficient (Wildman–Crippen LogP) is 3.08. The molecule has 0 bridgehead atoms. The highest BCUT2D eigenvalue weighted by Gasteiger charge is 2.33. The van der Waals surface area contributed by atoms with Crippen LogP contribution in [-0.2, 0) is 9.47 Å². The minimum Gasteiger partial charge on any atom is -0.489 e. The number of rotatable bonds is 6. The van der Waals surface area contributed by atoms with Gasteiger partial charge in [-0.25, -0.2) is 4.79 Å². The topological polar surface area (TPSA) is 106 Å². The first kappa shape index (κ1) is 25.8. The molecular weight excluding hydrogens is 438 g/mol. The third-order valence-corrected chi connectivity index (χ3v) is 6.13. The second kappa shape index (κ2) is 10.6. The number of fused-ring (bicyclic) bond motifs is 1. The van der Waals surface area contributed by atoms with Gasteiger partial charge in [-0.05, 0) is 52.7 Å². The summed E-state index contributed by atoms with van der Waals surface area (Å²) in [5.41, 5.74) is 1.15. The summed E-state index contributed by atoms with van der Waals surface area (Å²) in [7, 11) is 1.56. The largest absolute Gasteiger partial charge is 0.489 e. The first-order valence-corrected chi connectivity index (χ1v) is 11.9. The van der Waals surface area contributed by atoms with Crippen LogP contribution < -0.4 is 15.4 Å². The first-order chi connectivity index (χ1) is 16.0. The summed E-state index contributed by atoms with van der Waals surface area (Å²) in [4.78, 5) is 39.2. The molecule has 0 spiro atoms. The summed E-state index contributed by atoms with van der Waals surface area (Å²) in [6, 6.07) is 3.40. The normalized spacial score (nSPS) is 21.9. The fraction of sp³-hybridized carbons (Fsp3) is 0.640. The minimum atomic E-state index is -0.535. The van der Waals surface area contributed by atoms with Crippen LogP contribution >= 0.6 is 0 Å².